The molecule has 0 aromatic heterocycles. The predicted molar refractivity (Wildman–Crippen MR) is 108 cm³/mol. The quantitative estimate of drug-likeness (QED) is 0.627. The van der Waals surface area contributed by atoms with E-state index in [2.05, 4.69) is 15.1 Å². The number of amides is 1. The van der Waals surface area contributed by atoms with E-state index in [4.69, 9.17) is 15.5 Å². The van der Waals surface area contributed by atoms with E-state index in [1.165, 1.54) is 5.57 Å². The molecule has 1 aliphatic carbocycles. The summed E-state index contributed by atoms with van der Waals surface area (Å²) >= 11 is 0. The minimum absolute atomic E-state index is 0.266. The Morgan fingerprint density at radius 2 is 2.10 bits per heavy atom. The van der Waals surface area contributed by atoms with Crippen LogP contribution >= 0.6 is 0 Å². The van der Waals surface area contributed by atoms with Gasteiger partial charge in [-0.1, -0.05) is 0 Å². The molecule has 5 aliphatic rings. The van der Waals surface area contributed by atoms with E-state index < -0.39 is 0 Å². The third kappa shape index (κ3) is 3.39. The van der Waals surface area contributed by atoms with Crippen molar-refractivity contribution in [1.29, 1.82) is 0 Å². The van der Waals surface area contributed by atoms with Gasteiger partial charge in [-0.25, -0.2) is 4.99 Å². The zero-order valence-corrected chi connectivity index (χ0v) is 16.6. The zero-order chi connectivity index (χ0) is 20.0. The molecular weight excluding hydrogens is 370 g/mol. The second-order valence-electron chi connectivity index (χ2n) is 8.64. The van der Waals surface area contributed by atoms with Crippen molar-refractivity contribution in [3.63, 3.8) is 0 Å². The van der Waals surface area contributed by atoms with Crippen LogP contribution in [0.3, 0.4) is 0 Å². The summed E-state index contributed by atoms with van der Waals surface area (Å²) in [6.45, 7) is 3.53. The number of hydrogen-bond donors (Lipinski definition) is 3. The van der Waals surface area contributed by atoms with Gasteiger partial charge in [-0.2, -0.15) is 0 Å². The smallest absolute Gasteiger partial charge is 0.240 e. The van der Waals surface area contributed by atoms with Crippen LogP contribution in [-0.2, 0) is 9.53 Å². The Labute approximate surface area is 170 Å². The number of nitrogens with zero attached hydrogens (tertiary/aromatic N) is 3. The maximum Gasteiger partial charge on any atom is 0.240 e. The molecule has 4 N–H and O–H groups in total. The number of aliphatic hydroxyl groups is 1. The normalized spacial score (nSPS) is 25.5. The van der Waals surface area contributed by atoms with Crippen molar-refractivity contribution in [3.8, 4) is 0 Å². The number of hydrogen-bond acceptors (Lipinski definition) is 7. The van der Waals surface area contributed by atoms with Crippen LogP contribution in [0.15, 0.2) is 40.0 Å². The Bertz CT molecular complexity index is 818. The van der Waals surface area contributed by atoms with Gasteiger partial charge >= 0.3 is 0 Å². The highest BCUT2D eigenvalue weighted by molar-refractivity contribution is 5.87. The number of nitrogens with one attached hydrogen (secondary N) is 1. The van der Waals surface area contributed by atoms with Crippen molar-refractivity contribution >= 4 is 11.9 Å². The lowest BCUT2D eigenvalue weighted by Crippen LogP contribution is -2.48. The average Bonchev–Trinajstić information content (AvgIpc) is 3.51. The lowest BCUT2D eigenvalue weighted by Gasteiger charge is -2.39. The second-order valence-corrected chi connectivity index (χ2v) is 8.64. The molecule has 8 heteroatoms. The molecule has 0 radical (unpaired) electrons. The van der Waals surface area contributed by atoms with Crippen LogP contribution in [0, 0.1) is 11.8 Å². The molecule has 5 rings (SSSR count). The van der Waals surface area contributed by atoms with E-state index in [0.717, 1.165) is 74.7 Å². The highest BCUT2D eigenvalue weighted by atomic mass is 16.5. The van der Waals surface area contributed by atoms with Crippen molar-refractivity contribution in [2.45, 2.75) is 38.1 Å². The molecule has 0 aromatic carbocycles. The fourth-order valence-corrected chi connectivity index (χ4v) is 4.78. The summed E-state index contributed by atoms with van der Waals surface area (Å²) in [6.07, 6.45) is 8.60. The van der Waals surface area contributed by atoms with Crippen molar-refractivity contribution in [3.05, 3.63) is 35.0 Å². The monoisotopic (exact) mass is 399 g/mol. The van der Waals surface area contributed by atoms with E-state index >= 15 is 0 Å². The number of aliphatic hydroxyl groups excluding tert-OH is 1. The standard InChI is InChI=1S/C21H29N5O3/c22-20(28)18(14-1-2-14)24-17-12-29-11-15-5-8-26-19(15)16(17)9-23-21(26)25-6-3-13(10-27)4-7-25/h9,12-14,18,24,27H,1-8,10-11H2,(H2,22,28). The summed E-state index contributed by atoms with van der Waals surface area (Å²) in [5.74, 6) is 1.38. The first-order chi connectivity index (χ1) is 14.2. The maximum atomic E-state index is 11.9. The number of nitrogens with two attached hydrogens (primary N) is 1. The largest absolute Gasteiger partial charge is 0.495 e. The van der Waals surface area contributed by atoms with Gasteiger partial charge in [0.1, 0.15) is 18.9 Å². The maximum absolute atomic E-state index is 11.9. The minimum atomic E-state index is -0.370. The van der Waals surface area contributed by atoms with E-state index in [0.29, 0.717) is 18.4 Å². The molecule has 1 unspecified atom stereocenters. The van der Waals surface area contributed by atoms with Gasteiger partial charge in [-0.3, -0.25) is 4.79 Å². The second kappa shape index (κ2) is 7.40. The molecule has 4 aliphatic heterocycles. The van der Waals surface area contributed by atoms with E-state index in [9.17, 15) is 9.90 Å². The number of likely N-dealkylation sites (tertiary alicyclic amines) is 1. The number of primary amides is 1. The molecule has 0 spiro atoms. The molecule has 8 nitrogen and oxygen atoms in total. The van der Waals surface area contributed by atoms with Crippen LogP contribution in [0.4, 0.5) is 0 Å². The number of ether oxygens (including phenoxy) is 1. The van der Waals surface area contributed by atoms with Crippen LogP contribution in [0.1, 0.15) is 32.1 Å². The highest BCUT2D eigenvalue weighted by Crippen LogP contribution is 2.39. The number of guanidine groups is 1. The van der Waals surface area contributed by atoms with Crippen molar-refractivity contribution in [2.24, 2.45) is 22.6 Å². The lowest BCUT2D eigenvalue weighted by molar-refractivity contribution is -0.120. The van der Waals surface area contributed by atoms with E-state index in [1.807, 2.05) is 6.20 Å². The number of piperidine rings is 1. The molecule has 1 saturated heterocycles. The molecule has 156 valence electrons. The van der Waals surface area contributed by atoms with Gasteiger partial charge in [0.05, 0.1) is 11.4 Å². The van der Waals surface area contributed by atoms with Crippen molar-refractivity contribution < 1.29 is 14.6 Å². The first-order valence-corrected chi connectivity index (χ1v) is 10.7. The summed E-state index contributed by atoms with van der Waals surface area (Å²) in [7, 11) is 0. The summed E-state index contributed by atoms with van der Waals surface area (Å²) in [5, 5.41) is 12.8. The third-order valence-corrected chi connectivity index (χ3v) is 6.66. The van der Waals surface area contributed by atoms with Crippen LogP contribution in [0.5, 0.6) is 0 Å². The topological polar surface area (TPSA) is 103 Å². The Morgan fingerprint density at radius 1 is 1.31 bits per heavy atom. The Hall–Kier alpha value is -2.48. The Kier molecular flexibility index (Phi) is 4.73. The van der Waals surface area contributed by atoms with Crippen LogP contribution < -0.4 is 11.1 Å². The molecular formula is C21H29N5O3. The van der Waals surface area contributed by atoms with Gasteiger partial charge in [-0.05, 0) is 49.5 Å². The fraction of sp³-hybridized carbons (Fsp3) is 0.619. The van der Waals surface area contributed by atoms with Gasteiger partial charge in [0.2, 0.25) is 11.9 Å². The third-order valence-electron chi connectivity index (χ3n) is 6.66. The molecule has 0 bridgehead atoms. The number of rotatable bonds is 5. The fourth-order valence-electron chi connectivity index (χ4n) is 4.78. The van der Waals surface area contributed by atoms with Crippen LogP contribution in [-0.4, -0.2) is 65.7 Å². The molecule has 2 fully saturated rings. The van der Waals surface area contributed by atoms with Gasteiger partial charge < -0.3 is 30.7 Å². The van der Waals surface area contributed by atoms with Crippen molar-refractivity contribution in [2.75, 3.05) is 32.8 Å². The molecule has 0 aromatic rings. The van der Waals surface area contributed by atoms with E-state index in [1.54, 1.807) is 6.26 Å². The first-order valence-electron chi connectivity index (χ1n) is 10.7. The van der Waals surface area contributed by atoms with Crippen LogP contribution in [0.2, 0.25) is 0 Å². The SMILES string of the molecule is NC(=O)C(NC1=COCC2=C3C1=CN=C(N1CCC(CO)CC1)N3CC2)C1CC1. The number of aliphatic imine (C=N–C) groups is 1. The zero-order valence-electron chi connectivity index (χ0n) is 16.6. The van der Waals surface area contributed by atoms with Gasteiger partial charge in [0, 0.05) is 38.0 Å². The van der Waals surface area contributed by atoms with Gasteiger partial charge in [0.25, 0.3) is 0 Å². The number of carbonyl (C=O) groups is 1. The molecule has 1 saturated carbocycles. The molecule has 4 heterocycles. The lowest BCUT2D eigenvalue weighted by atomic mass is 9.98. The summed E-state index contributed by atoms with van der Waals surface area (Å²) in [4.78, 5) is 21.4. The summed E-state index contributed by atoms with van der Waals surface area (Å²) < 4.78 is 5.82. The van der Waals surface area contributed by atoms with E-state index in [-0.39, 0.29) is 18.6 Å². The van der Waals surface area contributed by atoms with Gasteiger partial charge in [-0.15, -0.1) is 0 Å². The number of carbonyl (C=O) groups excluding carboxylic acids is 1. The minimum Gasteiger partial charge on any atom is -0.495 e. The first kappa shape index (κ1) is 18.5. The molecule has 1 atom stereocenters. The van der Waals surface area contributed by atoms with Crippen molar-refractivity contribution in [1.82, 2.24) is 15.1 Å². The molecule has 29 heavy (non-hydrogen) atoms. The van der Waals surface area contributed by atoms with Gasteiger partial charge in [0.15, 0.2) is 0 Å². The summed E-state index contributed by atoms with van der Waals surface area (Å²) in [5.41, 5.74) is 9.85. The predicted octanol–water partition coefficient (Wildman–Crippen LogP) is 0.629. The molecule has 1 amide bonds. The highest BCUT2D eigenvalue weighted by Gasteiger charge is 2.40. The Balaban J connectivity index is 1.42. The Morgan fingerprint density at radius 3 is 2.79 bits per heavy atom. The average molecular weight is 399 g/mol. The summed E-state index contributed by atoms with van der Waals surface area (Å²) in [6, 6.07) is -0.370. The van der Waals surface area contributed by atoms with Crippen LogP contribution in [0.25, 0.3) is 0 Å².